The molecule has 0 bridgehead atoms. The zero-order chi connectivity index (χ0) is 13.7. The van der Waals surface area contributed by atoms with Gasteiger partial charge in [0.1, 0.15) is 5.75 Å². The summed E-state index contributed by atoms with van der Waals surface area (Å²) in [5.41, 5.74) is 1.25. The number of likely N-dealkylation sites (tertiary alicyclic amines) is 1. The Morgan fingerprint density at radius 3 is 2.79 bits per heavy atom. The van der Waals surface area contributed by atoms with Gasteiger partial charge < -0.3 is 9.84 Å². The monoisotopic (exact) mass is 263 g/mol. The van der Waals surface area contributed by atoms with Crippen molar-refractivity contribution in [2.45, 2.75) is 38.3 Å². The molecular formula is C15H21NO3. The minimum atomic E-state index is -0.698. The zero-order valence-electron chi connectivity index (χ0n) is 11.3. The van der Waals surface area contributed by atoms with Gasteiger partial charge in [-0.15, -0.1) is 0 Å². The van der Waals surface area contributed by atoms with Gasteiger partial charge in [-0.25, -0.2) is 0 Å². The predicted molar refractivity (Wildman–Crippen MR) is 73.3 cm³/mol. The van der Waals surface area contributed by atoms with Crippen molar-refractivity contribution in [3.05, 3.63) is 29.8 Å². The number of carbonyl (C=O) groups is 1. The maximum absolute atomic E-state index is 10.7. The van der Waals surface area contributed by atoms with Gasteiger partial charge in [-0.05, 0) is 43.5 Å². The Morgan fingerprint density at radius 1 is 1.42 bits per heavy atom. The van der Waals surface area contributed by atoms with Crippen molar-refractivity contribution in [1.29, 1.82) is 0 Å². The van der Waals surface area contributed by atoms with Crippen LogP contribution in [0, 0.1) is 0 Å². The van der Waals surface area contributed by atoms with Crippen molar-refractivity contribution in [2.24, 2.45) is 0 Å². The number of benzene rings is 1. The molecule has 1 saturated heterocycles. The van der Waals surface area contributed by atoms with Crippen LogP contribution in [0.15, 0.2) is 24.3 Å². The van der Waals surface area contributed by atoms with Crippen LogP contribution in [0.2, 0.25) is 0 Å². The minimum Gasteiger partial charge on any atom is -0.497 e. The number of hydrogen-bond donors (Lipinski definition) is 1. The largest absolute Gasteiger partial charge is 0.497 e. The highest BCUT2D eigenvalue weighted by atomic mass is 16.5. The molecular weight excluding hydrogens is 242 g/mol. The third-order valence-corrected chi connectivity index (χ3v) is 3.74. The fourth-order valence-electron chi connectivity index (χ4n) is 2.69. The van der Waals surface area contributed by atoms with Gasteiger partial charge in [0, 0.05) is 19.0 Å². The van der Waals surface area contributed by atoms with Crippen molar-refractivity contribution in [1.82, 2.24) is 4.90 Å². The molecule has 0 spiro atoms. The number of carboxylic acid groups (broad SMARTS) is 1. The molecule has 4 heteroatoms. The summed E-state index contributed by atoms with van der Waals surface area (Å²) in [6, 6.07) is 8.50. The van der Waals surface area contributed by atoms with Gasteiger partial charge in [0.15, 0.2) is 0 Å². The third-order valence-electron chi connectivity index (χ3n) is 3.74. The van der Waals surface area contributed by atoms with Crippen LogP contribution in [0.1, 0.15) is 31.2 Å². The highest BCUT2D eigenvalue weighted by Crippen LogP contribution is 2.24. The first-order valence-corrected chi connectivity index (χ1v) is 6.78. The molecule has 1 aromatic rings. The van der Waals surface area contributed by atoms with E-state index in [0.717, 1.165) is 31.7 Å². The summed E-state index contributed by atoms with van der Waals surface area (Å²) in [6.45, 7) is 1.96. The number of rotatable bonds is 6. The number of hydrogen-bond acceptors (Lipinski definition) is 3. The van der Waals surface area contributed by atoms with Crippen LogP contribution in [0.4, 0.5) is 0 Å². The van der Waals surface area contributed by atoms with Crippen molar-refractivity contribution in [3.63, 3.8) is 0 Å². The molecule has 0 radical (unpaired) electrons. The summed E-state index contributed by atoms with van der Waals surface area (Å²) in [4.78, 5) is 13.1. The predicted octanol–water partition coefficient (Wildman–Crippen LogP) is 2.52. The molecule has 0 aromatic heterocycles. The maximum atomic E-state index is 10.7. The quantitative estimate of drug-likeness (QED) is 0.857. The Kier molecular flexibility index (Phi) is 4.80. The fraction of sp³-hybridized carbons (Fsp3) is 0.533. The molecule has 4 nitrogen and oxygen atoms in total. The molecule has 1 aliphatic rings. The molecule has 104 valence electrons. The van der Waals surface area contributed by atoms with Gasteiger partial charge >= 0.3 is 5.97 Å². The molecule has 1 aromatic carbocycles. The van der Waals surface area contributed by atoms with Gasteiger partial charge in [0.2, 0.25) is 0 Å². The molecule has 1 heterocycles. The van der Waals surface area contributed by atoms with Crippen LogP contribution in [-0.2, 0) is 11.3 Å². The molecule has 1 unspecified atom stereocenters. The Hall–Kier alpha value is -1.55. The highest BCUT2D eigenvalue weighted by molar-refractivity contribution is 5.66. The lowest BCUT2D eigenvalue weighted by atomic mass is 10.1. The molecule has 0 aliphatic carbocycles. The van der Waals surface area contributed by atoms with E-state index in [-0.39, 0.29) is 6.42 Å². The van der Waals surface area contributed by atoms with E-state index in [4.69, 9.17) is 9.84 Å². The van der Waals surface area contributed by atoms with Crippen molar-refractivity contribution < 1.29 is 14.6 Å². The highest BCUT2D eigenvalue weighted by Gasteiger charge is 2.24. The van der Waals surface area contributed by atoms with Gasteiger partial charge in [-0.3, -0.25) is 9.69 Å². The molecule has 1 aliphatic heterocycles. The second-order valence-corrected chi connectivity index (χ2v) is 5.05. The van der Waals surface area contributed by atoms with E-state index >= 15 is 0 Å². The third kappa shape index (κ3) is 3.96. The SMILES string of the molecule is COc1ccc(CN2CCCC2CCC(=O)O)cc1. The lowest BCUT2D eigenvalue weighted by molar-refractivity contribution is -0.137. The van der Waals surface area contributed by atoms with Gasteiger partial charge in [0.05, 0.1) is 7.11 Å². The van der Waals surface area contributed by atoms with E-state index in [2.05, 4.69) is 17.0 Å². The molecule has 19 heavy (non-hydrogen) atoms. The van der Waals surface area contributed by atoms with Crippen LogP contribution < -0.4 is 4.74 Å². The van der Waals surface area contributed by atoms with E-state index in [0.29, 0.717) is 6.04 Å². The summed E-state index contributed by atoms with van der Waals surface area (Å²) < 4.78 is 5.15. The summed E-state index contributed by atoms with van der Waals surface area (Å²) in [6.07, 6.45) is 3.30. The first-order chi connectivity index (χ1) is 9.19. The average molecular weight is 263 g/mol. The Morgan fingerprint density at radius 2 is 2.16 bits per heavy atom. The summed E-state index contributed by atoms with van der Waals surface area (Å²) >= 11 is 0. The van der Waals surface area contributed by atoms with Crippen LogP contribution in [0.5, 0.6) is 5.75 Å². The topological polar surface area (TPSA) is 49.8 Å². The van der Waals surface area contributed by atoms with Gasteiger partial charge in [0.25, 0.3) is 0 Å². The first-order valence-electron chi connectivity index (χ1n) is 6.78. The van der Waals surface area contributed by atoms with E-state index in [1.165, 1.54) is 12.0 Å². The van der Waals surface area contributed by atoms with Crippen LogP contribution in [0.25, 0.3) is 0 Å². The number of ether oxygens (including phenoxy) is 1. The van der Waals surface area contributed by atoms with E-state index < -0.39 is 5.97 Å². The number of methoxy groups -OCH3 is 1. The van der Waals surface area contributed by atoms with E-state index in [9.17, 15) is 4.79 Å². The summed E-state index contributed by atoms with van der Waals surface area (Å²) in [5.74, 6) is 0.170. The molecule has 0 saturated carbocycles. The lowest BCUT2D eigenvalue weighted by Crippen LogP contribution is -2.29. The van der Waals surface area contributed by atoms with Crippen molar-refractivity contribution in [3.8, 4) is 5.75 Å². The molecule has 2 rings (SSSR count). The second-order valence-electron chi connectivity index (χ2n) is 5.05. The second kappa shape index (κ2) is 6.57. The van der Waals surface area contributed by atoms with Crippen LogP contribution >= 0.6 is 0 Å². The normalized spacial score (nSPS) is 19.5. The van der Waals surface area contributed by atoms with Crippen LogP contribution in [0.3, 0.4) is 0 Å². The average Bonchev–Trinajstić information content (AvgIpc) is 2.84. The van der Waals surface area contributed by atoms with Crippen LogP contribution in [-0.4, -0.2) is 35.7 Å². The summed E-state index contributed by atoms with van der Waals surface area (Å²) in [7, 11) is 1.66. The smallest absolute Gasteiger partial charge is 0.303 e. The van der Waals surface area contributed by atoms with Gasteiger partial charge in [-0.1, -0.05) is 12.1 Å². The fourth-order valence-corrected chi connectivity index (χ4v) is 2.69. The number of aliphatic carboxylic acids is 1. The standard InChI is InChI=1S/C15H21NO3/c1-19-14-7-4-12(5-8-14)11-16-10-2-3-13(16)6-9-15(17)18/h4-5,7-8,13H,2-3,6,9-11H2,1H3,(H,17,18). The zero-order valence-corrected chi connectivity index (χ0v) is 11.3. The lowest BCUT2D eigenvalue weighted by Gasteiger charge is -2.24. The Bertz CT molecular complexity index is 416. The van der Waals surface area contributed by atoms with Gasteiger partial charge in [-0.2, -0.15) is 0 Å². The van der Waals surface area contributed by atoms with Crippen molar-refractivity contribution >= 4 is 5.97 Å². The maximum Gasteiger partial charge on any atom is 0.303 e. The number of carboxylic acids is 1. The van der Waals surface area contributed by atoms with Crippen molar-refractivity contribution in [2.75, 3.05) is 13.7 Å². The van der Waals surface area contributed by atoms with E-state index in [1.54, 1.807) is 7.11 Å². The molecule has 1 atom stereocenters. The Labute approximate surface area is 114 Å². The Balaban J connectivity index is 1.90. The molecule has 1 N–H and O–H groups in total. The molecule has 1 fully saturated rings. The number of nitrogens with zero attached hydrogens (tertiary/aromatic N) is 1. The molecule has 0 amide bonds. The summed E-state index contributed by atoms with van der Waals surface area (Å²) in [5, 5.41) is 8.78. The minimum absolute atomic E-state index is 0.268. The van der Waals surface area contributed by atoms with E-state index in [1.807, 2.05) is 12.1 Å². The first kappa shape index (κ1) is 13.9.